The Labute approximate surface area is 139 Å². The number of phenols is 1. The summed E-state index contributed by atoms with van der Waals surface area (Å²) in [6, 6.07) is 3.97. The predicted octanol–water partition coefficient (Wildman–Crippen LogP) is 4.27. The molecule has 126 valence electrons. The van der Waals surface area contributed by atoms with Crippen LogP contribution in [0.15, 0.2) is 23.8 Å². The number of hydrogen-bond donors (Lipinski definition) is 2. The average Bonchev–Trinajstić information content (AvgIpc) is 2.44. The Kier molecular flexibility index (Phi) is 3.75. The number of aromatic hydroxyl groups is 1. The number of allylic oxidation sites excluding steroid dienone is 1. The smallest absolute Gasteiger partial charge is 0.127 e. The molecule has 0 amide bonds. The van der Waals surface area contributed by atoms with Crippen LogP contribution in [0.1, 0.15) is 64.5 Å². The van der Waals surface area contributed by atoms with Crippen LogP contribution in [-0.4, -0.2) is 22.4 Å². The van der Waals surface area contributed by atoms with Crippen LogP contribution in [0.3, 0.4) is 0 Å². The van der Waals surface area contributed by atoms with Crippen molar-refractivity contribution < 1.29 is 14.9 Å². The van der Waals surface area contributed by atoms with E-state index in [0.717, 1.165) is 35.3 Å². The molecule has 1 aromatic rings. The van der Waals surface area contributed by atoms with E-state index in [1.54, 1.807) is 0 Å². The van der Waals surface area contributed by atoms with Crippen LogP contribution in [0.2, 0.25) is 0 Å². The lowest BCUT2D eigenvalue weighted by molar-refractivity contribution is 0.00664. The highest BCUT2D eigenvalue weighted by Gasteiger charge is 2.46. The second-order valence-electron chi connectivity index (χ2n) is 8.54. The summed E-state index contributed by atoms with van der Waals surface area (Å²) < 4.78 is 6.32. The summed E-state index contributed by atoms with van der Waals surface area (Å²) >= 11 is 0. The predicted molar refractivity (Wildman–Crippen MR) is 92.1 cm³/mol. The van der Waals surface area contributed by atoms with Crippen LogP contribution in [0.4, 0.5) is 0 Å². The van der Waals surface area contributed by atoms with Gasteiger partial charge in [0.2, 0.25) is 0 Å². The molecule has 0 saturated heterocycles. The van der Waals surface area contributed by atoms with E-state index in [9.17, 15) is 10.2 Å². The molecule has 3 rings (SSSR count). The summed E-state index contributed by atoms with van der Waals surface area (Å²) in [5.74, 6) is 1.66. The lowest BCUT2D eigenvalue weighted by Gasteiger charge is -2.47. The maximum absolute atomic E-state index is 10.7. The van der Waals surface area contributed by atoms with E-state index < -0.39 is 0 Å². The van der Waals surface area contributed by atoms with Gasteiger partial charge in [-0.2, -0.15) is 0 Å². The number of aliphatic hydroxyl groups is 1. The molecule has 0 radical (unpaired) electrons. The van der Waals surface area contributed by atoms with Crippen molar-refractivity contribution in [2.24, 2.45) is 5.92 Å². The summed E-state index contributed by atoms with van der Waals surface area (Å²) in [5, 5.41) is 20.2. The van der Waals surface area contributed by atoms with Crippen LogP contribution >= 0.6 is 0 Å². The van der Waals surface area contributed by atoms with Crippen LogP contribution in [0.5, 0.6) is 11.5 Å². The average molecular weight is 316 g/mol. The van der Waals surface area contributed by atoms with Crippen LogP contribution in [-0.2, 0) is 5.41 Å². The fourth-order valence-corrected chi connectivity index (χ4v) is 4.03. The van der Waals surface area contributed by atoms with Crippen molar-refractivity contribution in [1.29, 1.82) is 0 Å². The summed E-state index contributed by atoms with van der Waals surface area (Å²) in [7, 11) is 0. The number of hydrogen-bond acceptors (Lipinski definition) is 3. The van der Waals surface area contributed by atoms with Crippen LogP contribution in [0, 0.1) is 5.92 Å². The lowest BCUT2D eigenvalue weighted by atomic mass is 9.66. The third kappa shape index (κ3) is 2.76. The van der Waals surface area contributed by atoms with Gasteiger partial charge in [-0.05, 0) is 55.4 Å². The van der Waals surface area contributed by atoms with E-state index in [1.165, 1.54) is 0 Å². The number of benzene rings is 1. The molecule has 2 N–H and O–H groups in total. The Balaban J connectivity index is 2.13. The van der Waals surface area contributed by atoms with Crippen molar-refractivity contribution in [2.75, 3.05) is 6.61 Å². The first-order chi connectivity index (χ1) is 10.6. The van der Waals surface area contributed by atoms with Gasteiger partial charge in [-0.25, -0.2) is 0 Å². The van der Waals surface area contributed by atoms with Gasteiger partial charge in [-0.1, -0.05) is 26.8 Å². The SMILES string of the molecule is CC(C)(C)c1cc(O)c2c(c1)OC(C)(C)C1CC=C(CO)C[C@H]21. The van der Waals surface area contributed by atoms with Gasteiger partial charge < -0.3 is 14.9 Å². The Morgan fingerprint density at radius 2 is 1.96 bits per heavy atom. The molecule has 0 saturated carbocycles. The van der Waals surface area contributed by atoms with Gasteiger partial charge in [-0.3, -0.25) is 0 Å². The zero-order chi connectivity index (χ0) is 17.0. The molecule has 1 aromatic carbocycles. The molecule has 0 aromatic heterocycles. The summed E-state index contributed by atoms with van der Waals surface area (Å²) in [4.78, 5) is 0. The fourth-order valence-electron chi connectivity index (χ4n) is 4.03. The van der Waals surface area contributed by atoms with Gasteiger partial charge in [0, 0.05) is 17.4 Å². The van der Waals surface area contributed by atoms with Crippen molar-refractivity contribution in [1.82, 2.24) is 0 Å². The van der Waals surface area contributed by atoms with Gasteiger partial charge in [-0.15, -0.1) is 0 Å². The van der Waals surface area contributed by atoms with E-state index in [0.29, 0.717) is 11.7 Å². The molecule has 3 nitrogen and oxygen atoms in total. The van der Waals surface area contributed by atoms with Gasteiger partial charge in [0.05, 0.1) is 6.61 Å². The first-order valence-corrected chi connectivity index (χ1v) is 8.48. The molecule has 1 unspecified atom stereocenters. The molecular formula is C20H28O3. The molecule has 0 spiro atoms. The zero-order valence-electron chi connectivity index (χ0n) is 14.8. The number of fused-ring (bicyclic) bond motifs is 3. The van der Waals surface area contributed by atoms with Crippen molar-refractivity contribution in [3.8, 4) is 11.5 Å². The van der Waals surface area contributed by atoms with Crippen molar-refractivity contribution in [3.63, 3.8) is 0 Å². The first kappa shape index (κ1) is 16.4. The minimum absolute atomic E-state index is 0.0421. The first-order valence-electron chi connectivity index (χ1n) is 8.48. The number of rotatable bonds is 1. The quantitative estimate of drug-likeness (QED) is 0.761. The molecular weight excluding hydrogens is 288 g/mol. The zero-order valence-corrected chi connectivity index (χ0v) is 14.8. The summed E-state index contributed by atoms with van der Waals surface area (Å²) in [5.41, 5.74) is 2.74. The standard InChI is InChI=1S/C20H28O3/c1-19(2,3)13-9-16(22)18-14-8-12(11-21)6-7-15(14)20(4,5)23-17(18)10-13/h6,9-10,14-15,21-22H,7-8,11H2,1-5H3/t14-,15?/m0/s1. The number of phenolic OH excluding ortho intramolecular Hbond substituents is 1. The molecule has 23 heavy (non-hydrogen) atoms. The van der Waals surface area contributed by atoms with Gasteiger partial charge in [0.15, 0.2) is 0 Å². The van der Waals surface area contributed by atoms with Gasteiger partial charge in [0.25, 0.3) is 0 Å². The van der Waals surface area contributed by atoms with E-state index in [-0.39, 0.29) is 23.5 Å². The Bertz CT molecular complexity index is 650. The largest absolute Gasteiger partial charge is 0.508 e. The minimum Gasteiger partial charge on any atom is -0.508 e. The molecule has 1 aliphatic carbocycles. The maximum Gasteiger partial charge on any atom is 0.127 e. The van der Waals surface area contributed by atoms with E-state index in [2.05, 4.69) is 46.8 Å². The topological polar surface area (TPSA) is 49.7 Å². The Hall–Kier alpha value is -1.48. The van der Waals surface area contributed by atoms with E-state index in [1.807, 2.05) is 6.07 Å². The van der Waals surface area contributed by atoms with Gasteiger partial charge in [0.1, 0.15) is 17.1 Å². The Morgan fingerprint density at radius 1 is 1.26 bits per heavy atom. The molecule has 2 aliphatic rings. The van der Waals surface area contributed by atoms with Crippen LogP contribution in [0.25, 0.3) is 0 Å². The third-order valence-electron chi connectivity index (χ3n) is 5.45. The Morgan fingerprint density at radius 3 is 2.57 bits per heavy atom. The molecule has 1 heterocycles. The fraction of sp³-hybridized carbons (Fsp3) is 0.600. The molecule has 3 heteroatoms. The number of ether oxygens (including phenoxy) is 1. The van der Waals surface area contributed by atoms with Crippen molar-refractivity contribution in [3.05, 3.63) is 34.9 Å². The van der Waals surface area contributed by atoms with E-state index >= 15 is 0 Å². The molecule has 0 bridgehead atoms. The molecule has 1 aliphatic heterocycles. The lowest BCUT2D eigenvalue weighted by Crippen LogP contribution is -2.45. The molecule has 2 atom stereocenters. The van der Waals surface area contributed by atoms with Crippen LogP contribution < -0.4 is 4.74 Å². The second-order valence-corrected chi connectivity index (χ2v) is 8.54. The highest BCUT2D eigenvalue weighted by atomic mass is 16.5. The second kappa shape index (κ2) is 5.27. The summed E-state index contributed by atoms with van der Waals surface area (Å²) in [6.07, 6.45) is 3.81. The van der Waals surface area contributed by atoms with Crippen molar-refractivity contribution >= 4 is 0 Å². The molecule has 0 fully saturated rings. The minimum atomic E-state index is -0.280. The highest BCUT2D eigenvalue weighted by Crippen LogP contribution is 2.54. The normalized spacial score (nSPS) is 25.9. The highest BCUT2D eigenvalue weighted by molar-refractivity contribution is 5.53. The van der Waals surface area contributed by atoms with E-state index in [4.69, 9.17) is 4.74 Å². The maximum atomic E-state index is 10.7. The van der Waals surface area contributed by atoms with Crippen molar-refractivity contribution in [2.45, 2.75) is 64.4 Å². The van der Waals surface area contributed by atoms with Gasteiger partial charge >= 0.3 is 0 Å². The monoisotopic (exact) mass is 316 g/mol. The summed E-state index contributed by atoms with van der Waals surface area (Å²) in [6.45, 7) is 10.8. The number of aliphatic hydroxyl groups excluding tert-OH is 1. The third-order valence-corrected chi connectivity index (χ3v) is 5.45.